The molecule has 1 aromatic carbocycles. The third-order valence-corrected chi connectivity index (χ3v) is 4.99. The van der Waals surface area contributed by atoms with E-state index in [4.69, 9.17) is 15.2 Å². The first-order chi connectivity index (χ1) is 10.5. The molecule has 0 saturated carbocycles. The van der Waals surface area contributed by atoms with Gasteiger partial charge in [-0.05, 0) is 46.8 Å². The Morgan fingerprint density at radius 2 is 1.91 bits per heavy atom. The fourth-order valence-corrected chi connectivity index (χ4v) is 3.45. The maximum absolute atomic E-state index is 12.9. The number of amides is 1. The number of nitrogens with zero attached hydrogens (tertiary/aromatic N) is 1. The van der Waals surface area contributed by atoms with Gasteiger partial charge in [-0.3, -0.25) is 4.79 Å². The number of hydrogen-bond donors (Lipinski definition) is 1. The van der Waals surface area contributed by atoms with Crippen LogP contribution in [-0.4, -0.2) is 44.2 Å². The maximum Gasteiger partial charge on any atom is 0.254 e. The summed E-state index contributed by atoms with van der Waals surface area (Å²) in [5.74, 6) is 1.74. The molecular formula is C16H24BrClN2O3. The van der Waals surface area contributed by atoms with E-state index in [-0.39, 0.29) is 24.4 Å². The van der Waals surface area contributed by atoms with Crippen molar-refractivity contribution >= 4 is 34.2 Å². The molecule has 1 aliphatic rings. The van der Waals surface area contributed by atoms with E-state index in [1.165, 1.54) is 0 Å². The monoisotopic (exact) mass is 406 g/mol. The van der Waals surface area contributed by atoms with Crippen LogP contribution in [0.2, 0.25) is 0 Å². The van der Waals surface area contributed by atoms with Gasteiger partial charge in [-0.2, -0.15) is 0 Å². The normalized spacial score (nSPS) is 20.7. The van der Waals surface area contributed by atoms with Crippen molar-refractivity contribution in [1.29, 1.82) is 0 Å². The number of hydrogen-bond acceptors (Lipinski definition) is 4. The van der Waals surface area contributed by atoms with Crippen molar-refractivity contribution in [3.05, 3.63) is 22.2 Å². The zero-order valence-corrected chi connectivity index (χ0v) is 16.1. The molecule has 1 fully saturated rings. The highest BCUT2D eigenvalue weighted by molar-refractivity contribution is 9.10. The van der Waals surface area contributed by atoms with E-state index in [0.29, 0.717) is 34.0 Å². The molecule has 0 bridgehead atoms. The summed E-state index contributed by atoms with van der Waals surface area (Å²) in [7, 11) is 3.14. The van der Waals surface area contributed by atoms with Gasteiger partial charge in [0.2, 0.25) is 0 Å². The first kappa shape index (κ1) is 20.1. The summed E-state index contributed by atoms with van der Waals surface area (Å²) >= 11 is 3.42. The van der Waals surface area contributed by atoms with E-state index in [1.807, 2.05) is 4.90 Å². The molecule has 1 aromatic rings. The molecule has 7 heteroatoms. The molecule has 1 amide bonds. The highest BCUT2D eigenvalue weighted by Crippen LogP contribution is 2.36. The molecule has 0 aliphatic carbocycles. The summed E-state index contributed by atoms with van der Waals surface area (Å²) < 4.78 is 11.3. The number of benzene rings is 1. The molecular weight excluding hydrogens is 384 g/mol. The van der Waals surface area contributed by atoms with E-state index >= 15 is 0 Å². The number of likely N-dealkylation sites (tertiary alicyclic amines) is 1. The molecule has 2 N–H and O–H groups in total. The summed E-state index contributed by atoms with van der Waals surface area (Å²) in [5.41, 5.74) is 6.42. The minimum Gasteiger partial charge on any atom is -0.495 e. The van der Waals surface area contributed by atoms with Crippen molar-refractivity contribution in [2.45, 2.75) is 25.8 Å². The SMILES string of the molecule is COc1cc(C(=O)N2CCC(C)CC2CN)cc(OC)c1Br.Cl. The second-order valence-electron chi connectivity index (χ2n) is 5.71. The zero-order chi connectivity index (χ0) is 16.3. The third-order valence-electron chi connectivity index (χ3n) is 4.20. The number of methoxy groups -OCH3 is 2. The van der Waals surface area contributed by atoms with E-state index in [9.17, 15) is 4.79 Å². The van der Waals surface area contributed by atoms with Crippen molar-refractivity contribution in [3.63, 3.8) is 0 Å². The molecule has 0 radical (unpaired) electrons. The fraction of sp³-hybridized carbons (Fsp3) is 0.562. The van der Waals surface area contributed by atoms with Crippen LogP contribution in [0.4, 0.5) is 0 Å². The predicted octanol–water partition coefficient (Wildman–Crippen LogP) is 3.09. The Bertz CT molecular complexity index is 531. The van der Waals surface area contributed by atoms with Gasteiger partial charge in [0.1, 0.15) is 16.0 Å². The average Bonchev–Trinajstić information content (AvgIpc) is 2.54. The van der Waals surface area contributed by atoms with Crippen LogP contribution >= 0.6 is 28.3 Å². The van der Waals surface area contributed by atoms with Gasteiger partial charge in [-0.1, -0.05) is 6.92 Å². The number of halogens is 2. The summed E-state index contributed by atoms with van der Waals surface area (Å²) in [6, 6.07) is 3.57. The quantitative estimate of drug-likeness (QED) is 0.833. The summed E-state index contributed by atoms with van der Waals surface area (Å²) in [5, 5.41) is 0. The van der Waals surface area contributed by atoms with Crippen molar-refractivity contribution in [2.75, 3.05) is 27.3 Å². The van der Waals surface area contributed by atoms with E-state index in [1.54, 1.807) is 26.4 Å². The van der Waals surface area contributed by atoms with Gasteiger partial charge in [0.05, 0.1) is 14.2 Å². The van der Waals surface area contributed by atoms with Crippen LogP contribution in [0.5, 0.6) is 11.5 Å². The van der Waals surface area contributed by atoms with Gasteiger partial charge in [0.25, 0.3) is 5.91 Å². The lowest BCUT2D eigenvalue weighted by Crippen LogP contribution is -2.49. The lowest BCUT2D eigenvalue weighted by molar-refractivity contribution is 0.0573. The van der Waals surface area contributed by atoms with Gasteiger partial charge < -0.3 is 20.1 Å². The number of carbonyl (C=O) groups is 1. The first-order valence-corrected chi connectivity index (χ1v) is 8.23. The Labute approximate surface area is 152 Å². The Kier molecular flexibility index (Phi) is 7.64. The number of piperidine rings is 1. The second kappa shape index (κ2) is 8.76. The van der Waals surface area contributed by atoms with E-state index in [2.05, 4.69) is 22.9 Å². The molecule has 1 saturated heterocycles. The maximum atomic E-state index is 12.9. The Morgan fingerprint density at radius 1 is 1.35 bits per heavy atom. The highest BCUT2D eigenvalue weighted by Gasteiger charge is 2.30. The van der Waals surface area contributed by atoms with E-state index in [0.717, 1.165) is 19.4 Å². The Morgan fingerprint density at radius 3 is 2.39 bits per heavy atom. The number of ether oxygens (including phenoxy) is 2. The standard InChI is InChI=1S/C16H23BrN2O3.ClH/c1-10-4-5-19(12(6-10)9-18)16(20)11-7-13(21-2)15(17)14(8-11)22-3;/h7-8,10,12H,4-6,9,18H2,1-3H3;1H. The Balaban J connectivity index is 0.00000264. The molecule has 23 heavy (non-hydrogen) atoms. The topological polar surface area (TPSA) is 64.8 Å². The van der Waals surface area contributed by atoms with Crippen molar-refractivity contribution in [1.82, 2.24) is 4.90 Å². The van der Waals surface area contributed by atoms with Gasteiger partial charge in [0, 0.05) is 24.7 Å². The second-order valence-corrected chi connectivity index (χ2v) is 6.51. The van der Waals surface area contributed by atoms with E-state index < -0.39 is 0 Å². The first-order valence-electron chi connectivity index (χ1n) is 7.44. The largest absolute Gasteiger partial charge is 0.495 e. The van der Waals surface area contributed by atoms with Gasteiger partial charge >= 0.3 is 0 Å². The van der Waals surface area contributed by atoms with Gasteiger partial charge in [-0.15, -0.1) is 12.4 Å². The fourth-order valence-electron chi connectivity index (χ4n) is 2.90. The minimum atomic E-state index is -0.0218. The lowest BCUT2D eigenvalue weighted by atomic mass is 9.92. The number of carbonyl (C=O) groups excluding carboxylic acids is 1. The van der Waals surface area contributed by atoms with Crippen LogP contribution in [-0.2, 0) is 0 Å². The lowest BCUT2D eigenvalue weighted by Gasteiger charge is -2.38. The zero-order valence-electron chi connectivity index (χ0n) is 13.7. The molecule has 0 aromatic heterocycles. The predicted molar refractivity (Wildman–Crippen MR) is 96.8 cm³/mol. The van der Waals surface area contributed by atoms with Gasteiger partial charge in [0.15, 0.2) is 0 Å². The van der Waals surface area contributed by atoms with Crippen LogP contribution in [0, 0.1) is 5.92 Å². The minimum absolute atomic E-state index is 0. The molecule has 1 aliphatic heterocycles. The molecule has 2 rings (SSSR count). The van der Waals surface area contributed by atoms with Gasteiger partial charge in [-0.25, -0.2) is 0 Å². The Hall–Kier alpha value is -0.980. The number of nitrogens with two attached hydrogens (primary N) is 1. The summed E-state index contributed by atoms with van der Waals surface area (Å²) in [4.78, 5) is 14.7. The van der Waals surface area contributed by atoms with Crippen molar-refractivity contribution in [2.24, 2.45) is 11.7 Å². The van der Waals surface area contributed by atoms with Crippen LogP contribution in [0.25, 0.3) is 0 Å². The molecule has 0 spiro atoms. The summed E-state index contributed by atoms with van der Waals surface area (Å²) in [6.45, 7) is 3.43. The van der Waals surface area contributed by atoms with Crippen LogP contribution < -0.4 is 15.2 Å². The highest BCUT2D eigenvalue weighted by atomic mass is 79.9. The number of rotatable bonds is 4. The van der Waals surface area contributed by atoms with Crippen molar-refractivity contribution in [3.8, 4) is 11.5 Å². The van der Waals surface area contributed by atoms with Crippen LogP contribution in [0.1, 0.15) is 30.1 Å². The van der Waals surface area contributed by atoms with Crippen LogP contribution in [0.15, 0.2) is 16.6 Å². The molecule has 5 nitrogen and oxygen atoms in total. The molecule has 130 valence electrons. The molecule has 2 atom stereocenters. The average molecular weight is 408 g/mol. The van der Waals surface area contributed by atoms with Crippen LogP contribution in [0.3, 0.4) is 0 Å². The summed E-state index contributed by atoms with van der Waals surface area (Å²) in [6.07, 6.45) is 1.96. The third kappa shape index (κ3) is 4.31. The van der Waals surface area contributed by atoms with Crippen molar-refractivity contribution < 1.29 is 14.3 Å². The molecule has 2 unspecified atom stereocenters. The smallest absolute Gasteiger partial charge is 0.254 e. The molecule has 1 heterocycles.